The number of hydrogen-bond donors (Lipinski definition) is 0. The Morgan fingerprint density at radius 3 is 2.12 bits per heavy atom. The maximum absolute atomic E-state index is 12.3. The molecule has 1 aromatic carbocycles. The lowest BCUT2D eigenvalue weighted by Gasteiger charge is -2.37. The third-order valence-corrected chi connectivity index (χ3v) is 4.29. The first-order valence-electron chi connectivity index (χ1n) is 8.04. The van der Waals surface area contributed by atoms with Gasteiger partial charge in [0.1, 0.15) is 16.9 Å². The van der Waals surface area contributed by atoms with E-state index in [0.29, 0.717) is 13.1 Å². The van der Waals surface area contributed by atoms with Gasteiger partial charge in [0.2, 0.25) is 5.91 Å². The molecular formula is C18H25N3O3. The molecule has 0 N–H and O–H groups in total. The van der Waals surface area contributed by atoms with Gasteiger partial charge in [0.15, 0.2) is 0 Å². The Labute approximate surface area is 143 Å². The van der Waals surface area contributed by atoms with Crippen LogP contribution in [-0.2, 0) is 11.3 Å². The molecule has 130 valence electrons. The highest BCUT2D eigenvalue weighted by atomic mass is 16.5. The van der Waals surface area contributed by atoms with Gasteiger partial charge >= 0.3 is 0 Å². The number of carbonyl (C=O) groups excluding carboxylic acids is 1. The minimum Gasteiger partial charge on any atom is -0.497 e. The molecule has 2 rings (SSSR count). The molecule has 1 aromatic rings. The van der Waals surface area contributed by atoms with Gasteiger partial charge in [0.05, 0.1) is 20.3 Å². The van der Waals surface area contributed by atoms with Gasteiger partial charge < -0.3 is 14.4 Å². The fraction of sp³-hybridized carbons (Fsp3) is 0.556. The highest BCUT2D eigenvalue weighted by molar-refractivity contribution is 5.84. The fourth-order valence-electron chi connectivity index (χ4n) is 2.77. The van der Waals surface area contributed by atoms with Crippen LogP contribution in [0.3, 0.4) is 0 Å². The van der Waals surface area contributed by atoms with E-state index in [4.69, 9.17) is 14.7 Å². The summed E-state index contributed by atoms with van der Waals surface area (Å²) < 4.78 is 10.6. The first kappa shape index (κ1) is 18.1. The summed E-state index contributed by atoms with van der Waals surface area (Å²) >= 11 is 0. The van der Waals surface area contributed by atoms with Crippen molar-refractivity contribution in [3.05, 3.63) is 23.8 Å². The van der Waals surface area contributed by atoms with Crippen LogP contribution in [0.4, 0.5) is 0 Å². The minimum atomic E-state index is -0.956. The number of amides is 1. The molecular weight excluding hydrogens is 306 g/mol. The lowest BCUT2D eigenvalue weighted by atomic mass is 9.93. The van der Waals surface area contributed by atoms with Crippen LogP contribution >= 0.6 is 0 Å². The lowest BCUT2D eigenvalue weighted by molar-refractivity contribution is -0.139. The minimum absolute atomic E-state index is 0.0901. The Balaban J connectivity index is 1.96. The van der Waals surface area contributed by atoms with Gasteiger partial charge in [-0.25, -0.2) is 0 Å². The monoisotopic (exact) mass is 331 g/mol. The SMILES string of the molecule is COc1cc(CN2CCN(C(=O)C(C)(C)C#N)CC2)cc(OC)c1. The van der Waals surface area contributed by atoms with E-state index in [1.807, 2.05) is 18.2 Å². The summed E-state index contributed by atoms with van der Waals surface area (Å²) in [4.78, 5) is 16.4. The zero-order valence-electron chi connectivity index (χ0n) is 14.8. The van der Waals surface area contributed by atoms with Crippen molar-refractivity contribution in [3.63, 3.8) is 0 Å². The quantitative estimate of drug-likeness (QED) is 0.824. The lowest BCUT2D eigenvalue weighted by Crippen LogP contribution is -2.51. The second-order valence-corrected chi connectivity index (χ2v) is 6.53. The summed E-state index contributed by atoms with van der Waals surface area (Å²) in [5.41, 5.74) is 0.158. The zero-order chi connectivity index (χ0) is 17.7. The number of ether oxygens (including phenoxy) is 2. The van der Waals surface area contributed by atoms with Gasteiger partial charge in [-0.3, -0.25) is 9.69 Å². The van der Waals surface area contributed by atoms with Crippen LogP contribution < -0.4 is 9.47 Å². The predicted molar refractivity (Wildman–Crippen MR) is 90.8 cm³/mol. The molecule has 0 atom stereocenters. The number of methoxy groups -OCH3 is 2. The third kappa shape index (κ3) is 4.18. The van der Waals surface area contributed by atoms with Gasteiger partial charge in [0, 0.05) is 38.8 Å². The predicted octanol–water partition coefficient (Wildman–Crippen LogP) is 1.90. The van der Waals surface area contributed by atoms with Crippen LogP contribution in [0.5, 0.6) is 11.5 Å². The maximum atomic E-state index is 12.3. The van der Waals surface area contributed by atoms with Gasteiger partial charge in [-0.2, -0.15) is 5.26 Å². The molecule has 0 aliphatic carbocycles. The Kier molecular flexibility index (Phi) is 5.68. The van der Waals surface area contributed by atoms with Gasteiger partial charge in [-0.05, 0) is 31.5 Å². The first-order valence-corrected chi connectivity index (χ1v) is 8.04. The number of benzene rings is 1. The van der Waals surface area contributed by atoms with Crippen molar-refractivity contribution < 1.29 is 14.3 Å². The zero-order valence-corrected chi connectivity index (χ0v) is 14.8. The molecule has 6 nitrogen and oxygen atoms in total. The van der Waals surface area contributed by atoms with Crippen molar-refractivity contribution in [2.45, 2.75) is 20.4 Å². The summed E-state index contributed by atoms with van der Waals surface area (Å²) in [7, 11) is 3.28. The molecule has 6 heteroatoms. The number of hydrogen-bond acceptors (Lipinski definition) is 5. The molecule has 1 saturated heterocycles. The standard InChI is InChI=1S/C18H25N3O3/c1-18(2,13-19)17(22)21-7-5-20(6-8-21)12-14-9-15(23-3)11-16(10-14)24-4/h9-11H,5-8,12H2,1-4H3. The van der Waals surface area contributed by atoms with E-state index in [1.54, 1.807) is 33.0 Å². The van der Waals surface area contributed by atoms with Crippen LogP contribution in [0.15, 0.2) is 18.2 Å². The number of rotatable bonds is 5. The molecule has 0 bridgehead atoms. The van der Waals surface area contributed by atoms with Crippen molar-refractivity contribution in [1.29, 1.82) is 5.26 Å². The topological polar surface area (TPSA) is 65.8 Å². The van der Waals surface area contributed by atoms with Crippen LogP contribution in [0, 0.1) is 16.7 Å². The van der Waals surface area contributed by atoms with Gasteiger partial charge in [-0.1, -0.05) is 0 Å². The number of carbonyl (C=O) groups is 1. The van der Waals surface area contributed by atoms with Crippen LogP contribution in [0.1, 0.15) is 19.4 Å². The van der Waals surface area contributed by atoms with E-state index in [-0.39, 0.29) is 5.91 Å². The number of nitrogens with zero attached hydrogens (tertiary/aromatic N) is 3. The van der Waals surface area contributed by atoms with Crippen molar-refractivity contribution in [2.24, 2.45) is 5.41 Å². The van der Waals surface area contributed by atoms with Crippen LogP contribution in [0.25, 0.3) is 0 Å². The summed E-state index contributed by atoms with van der Waals surface area (Å²) in [5.74, 6) is 1.45. The van der Waals surface area contributed by atoms with Crippen LogP contribution in [0.2, 0.25) is 0 Å². The molecule has 24 heavy (non-hydrogen) atoms. The molecule has 0 radical (unpaired) electrons. The van der Waals surface area contributed by atoms with Crippen molar-refractivity contribution in [1.82, 2.24) is 9.80 Å². The first-order chi connectivity index (χ1) is 11.4. The van der Waals surface area contributed by atoms with E-state index in [2.05, 4.69) is 11.0 Å². The molecule has 1 fully saturated rings. The summed E-state index contributed by atoms with van der Waals surface area (Å²) in [5, 5.41) is 9.11. The summed E-state index contributed by atoms with van der Waals surface area (Å²) in [6.45, 7) is 6.97. The van der Waals surface area contributed by atoms with Gasteiger partial charge in [0.25, 0.3) is 0 Å². The highest BCUT2D eigenvalue weighted by Crippen LogP contribution is 2.24. The van der Waals surface area contributed by atoms with Crippen molar-refractivity contribution in [3.8, 4) is 17.6 Å². The number of piperazine rings is 1. The van der Waals surface area contributed by atoms with E-state index in [0.717, 1.165) is 36.7 Å². The van der Waals surface area contributed by atoms with Crippen LogP contribution in [-0.4, -0.2) is 56.1 Å². The molecule has 0 aromatic heterocycles. The molecule has 0 saturated carbocycles. The van der Waals surface area contributed by atoms with Crippen molar-refractivity contribution >= 4 is 5.91 Å². The van der Waals surface area contributed by atoms with Crippen molar-refractivity contribution in [2.75, 3.05) is 40.4 Å². The van der Waals surface area contributed by atoms with E-state index < -0.39 is 5.41 Å². The molecule has 1 aliphatic heterocycles. The van der Waals surface area contributed by atoms with E-state index in [1.165, 1.54) is 0 Å². The summed E-state index contributed by atoms with van der Waals surface area (Å²) in [6, 6.07) is 7.93. The molecule has 0 spiro atoms. The molecule has 0 unspecified atom stereocenters. The Morgan fingerprint density at radius 2 is 1.67 bits per heavy atom. The maximum Gasteiger partial charge on any atom is 0.242 e. The number of nitriles is 1. The Hall–Kier alpha value is -2.26. The van der Waals surface area contributed by atoms with E-state index in [9.17, 15) is 4.79 Å². The molecule has 1 heterocycles. The average Bonchev–Trinajstić information content (AvgIpc) is 2.61. The Morgan fingerprint density at radius 1 is 1.12 bits per heavy atom. The van der Waals surface area contributed by atoms with E-state index >= 15 is 0 Å². The largest absolute Gasteiger partial charge is 0.497 e. The highest BCUT2D eigenvalue weighted by Gasteiger charge is 2.33. The molecule has 1 amide bonds. The average molecular weight is 331 g/mol. The normalized spacial score (nSPS) is 15.7. The Bertz CT molecular complexity index is 607. The summed E-state index contributed by atoms with van der Waals surface area (Å²) in [6.07, 6.45) is 0. The molecule has 1 aliphatic rings. The van der Waals surface area contributed by atoms with Gasteiger partial charge in [-0.15, -0.1) is 0 Å². The fourth-order valence-corrected chi connectivity index (χ4v) is 2.77. The second-order valence-electron chi connectivity index (χ2n) is 6.53. The smallest absolute Gasteiger partial charge is 0.242 e. The third-order valence-electron chi connectivity index (χ3n) is 4.29. The second kappa shape index (κ2) is 7.54.